The van der Waals surface area contributed by atoms with Crippen molar-refractivity contribution >= 4 is 26.8 Å². The predicted molar refractivity (Wildman–Crippen MR) is 112 cm³/mol. The third kappa shape index (κ3) is 3.92. The van der Waals surface area contributed by atoms with Gasteiger partial charge in [0, 0.05) is 30.4 Å². The number of hydrogen-bond donors (Lipinski definition) is 2. The lowest BCUT2D eigenvalue weighted by Gasteiger charge is -2.32. The summed E-state index contributed by atoms with van der Waals surface area (Å²) in [5, 5.41) is 4.12. The van der Waals surface area contributed by atoms with Crippen LogP contribution in [0.5, 0.6) is 0 Å². The van der Waals surface area contributed by atoms with E-state index >= 15 is 0 Å². The van der Waals surface area contributed by atoms with E-state index in [0.717, 1.165) is 18.2 Å². The maximum Gasteiger partial charge on any atom is 0.258 e. The highest BCUT2D eigenvalue weighted by molar-refractivity contribution is 7.90. The van der Waals surface area contributed by atoms with Gasteiger partial charge < -0.3 is 14.6 Å². The van der Waals surface area contributed by atoms with Crippen LogP contribution >= 0.6 is 0 Å². The Balaban J connectivity index is 1.88. The molecule has 2 aliphatic rings. The Morgan fingerprint density at radius 2 is 2.03 bits per heavy atom. The smallest absolute Gasteiger partial charge is 0.258 e. The summed E-state index contributed by atoms with van der Waals surface area (Å²) < 4.78 is 34.4. The van der Waals surface area contributed by atoms with Gasteiger partial charge in [0.15, 0.2) is 0 Å². The van der Waals surface area contributed by atoms with Crippen LogP contribution in [0.2, 0.25) is 0 Å². The Hall–Kier alpha value is -2.65. The fraction of sp³-hybridized carbons (Fsp3) is 0.400. The van der Waals surface area contributed by atoms with Gasteiger partial charge in [0.25, 0.3) is 5.56 Å². The number of guanidine groups is 1. The van der Waals surface area contributed by atoms with Crippen LogP contribution in [0.1, 0.15) is 25.3 Å². The lowest BCUT2D eigenvalue weighted by Crippen LogP contribution is -2.45. The second-order valence-electron chi connectivity index (χ2n) is 7.40. The molecule has 2 N–H and O–H groups in total. The van der Waals surface area contributed by atoms with Crippen molar-refractivity contribution in [1.82, 2.24) is 14.6 Å². The van der Waals surface area contributed by atoms with Crippen LogP contribution in [-0.2, 0) is 27.5 Å². The molecule has 2 aromatic rings. The Labute approximate surface area is 169 Å². The summed E-state index contributed by atoms with van der Waals surface area (Å²) in [7, 11) is -1.83. The van der Waals surface area contributed by atoms with Crippen molar-refractivity contribution in [3.63, 3.8) is 0 Å². The van der Waals surface area contributed by atoms with Crippen molar-refractivity contribution in [3.05, 3.63) is 58.7 Å². The van der Waals surface area contributed by atoms with Crippen molar-refractivity contribution in [3.8, 4) is 0 Å². The molecule has 1 fully saturated rings. The van der Waals surface area contributed by atoms with Crippen molar-refractivity contribution in [2.24, 2.45) is 18.0 Å². The molecule has 1 aromatic carbocycles. The van der Waals surface area contributed by atoms with Crippen LogP contribution in [0, 0.1) is 5.92 Å². The molecule has 1 saturated carbocycles. The number of aromatic nitrogens is 1. The van der Waals surface area contributed by atoms with Crippen LogP contribution in [0.25, 0.3) is 10.8 Å². The van der Waals surface area contributed by atoms with Gasteiger partial charge in [0.05, 0.1) is 12.4 Å². The molecule has 154 valence electrons. The van der Waals surface area contributed by atoms with E-state index in [-0.39, 0.29) is 17.3 Å². The third-order valence-corrected chi connectivity index (χ3v) is 6.42. The predicted octanol–water partition coefficient (Wildman–Crippen LogP) is 1.53. The molecule has 2 heterocycles. The summed E-state index contributed by atoms with van der Waals surface area (Å²) in [5.41, 5.74) is -0.679. The van der Waals surface area contributed by atoms with Gasteiger partial charge in [-0.3, -0.25) is 9.52 Å². The number of aryl methyl sites for hydroxylation is 1. The van der Waals surface area contributed by atoms with Gasteiger partial charge in [-0.05, 0) is 43.2 Å². The van der Waals surface area contributed by atoms with Crippen LogP contribution in [0.3, 0.4) is 0 Å². The first-order valence-electron chi connectivity index (χ1n) is 9.61. The first-order chi connectivity index (χ1) is 13.8. The topological polar surface area (TPSA) is 102 Å². The Bertz CT molecular complexity index is 1160. The minimum Gasteiger partial charge on any atom is -0.346 e. The van der Waals surface area contributed by atoms with Crippen molar-refractivity contribution in [2.75, 3.05) is 12.4 Å². The summed E-state index contributed by atoms with van der Waals surface area (Å²) in [4.78, 5) is 17.2. The molecule has 0 bridgehead atoms. The number of aliphatic imine (C=N–C) groups is 1. The number of rotatable bonds is 6. The quantitative estimate of drug-likeness (QED) is 0.744. The van der Waals surface area contributed by atoms with E-state index in [9.17, 15) is 13.2 Å². The molecule has 1 unspecified atom stereocenters. The second-order valence-corrected chi connectivity index (χ2v) is 9.41. The van der Waals surface area contributed by atoms with E-state index in [1.807, 2.05) is 18.2 Å². The van der Waals surface area contributed by atoms with E-state index in [4.69, 9.17) is 4.74 Å². The fourth-order valence-corrected chi connectivity index (χ4v) is 3.82. The number of nitrogens with one attached hydrogen (secondary N) is 2. The van der Waals surface area contributed by atoms with Gasteiger partial charge in [0.2, 0.25) is 21.7 Å². The average Bonchev–Trinajstić information content (AvgIpc) is 3.54. The molecule has 1 atom stereocenters. The maximum atomic E-state index is 12.6. The van der Waals surface area contributed by atoms with Gasteiger partial charge in [0.1, 0.15) is 0 Å². The zero-order valence-electron chi connectivity index (χ0n) is 16.4. The average molecular weight is 417 g/mol. The van der Waals surface area contributed by atoms with E-state index in [1.54, 1.807) is 38.5 Å². The summed E-state index contributed by atoms with van der Waals surface area (Å²) in [6, 6.07) is 7.29. The normalized spacial score (nSPS) is 21.7. The first kappa shape index (κ1) is 19.7. The maximum absolute atomic E-state index is 12.6. The van der Waals surface area contributed by atoms with Crippen LogP contribution in [-0.4, -0.2) is 31.3 Å². The van der Waals surface area contributed by atoms with Gasteiger partial charge in [-0.1, -0.05) is 18.2 Å². The number of ether oxygens (including phenoxy) is 1. The van der Waals surface area contributed by atoms with E-state index in [1.165, 1.54) is 4.57 Å². The largest absolute Gasteiger partial charge is 0.346 e. The monoisotopic (exact) mass is 416 g/mol. The highest BCUT2D eigenvalue weighted by Crippen LogP contribution is 2.38. The summed E-state index contributed by atoms with van der Waals surface area (Å²) in [6.07, 6.45) is 7.29. The van der Waals surface area contributed by atoms with Gasteiger partial charge in [-0.25, -0.2) is 13.4 Å². The second kappa shape index (κ2) is 7.31. The number of benzene rings is 1. The van der Waals surface area contributed by atoms with Crippen molar-refractivity contribution in [2.45, 2.75) is 25.5 Å². The fourth-order valence-electron chi connectivity index (χ4n) is 3.28. The lowest BCUT2D eigenvalue weighted by atomic mass is 9.97. The number of nitrogens with zero attached hydrogens (tertiary/aromatic N) is 2. The molecular formula is C20H24N4O4S. The van der Waals surface area contributed by atoms with Crippen LogP contribution in [0.4, 0.5) is 0 Å². The standard InChI is InChI=1S/C20H24N4O4S/c1-3-29(26,27)23-19-21-11-10-20(22-19,28-13-14-8-9-14)17-12-24(2)18(25)16-7-5-4-6-15(16)17/h4-7,10-12,14H,3,8-9,13H2,1-2H3,(H2,21,22,23). The molecule has 0 radical (unpaired) electrons. The molecule has 0 amide bonds. The Kier molecular flexibility index (Phi) is 4.95. The molecule has 0 saturated heterocycles. The van der Waals surface area contributed by atoms with Crippen LogP contribution in [0.15, 0.2) is 52.5 Å². The molecular weight excluding hydrogens is 392 g/mol. The Morgan fingerprint density at radius 1 is 1.31 bits per heavy atom. The molecule has 1 aliphatic heterocycles. The molecule has 0 spiro atoms. The highest BCUT2D eigenvalue weighted by Gasteiger charge is 2.38. The zero-order valence-corrected chi connectivity index (χ0v) is 17.2. The minimum absolute atomic E-state index is 0.0733. The summed E-state index contributed by atoms with van der Waals surface area (Å²) in [5.74, 6) is 0.485. The number of fused-ring (bicyclic) bond motifs is 1. The molecule has 8 nitrogen and oxygen atoms in total. The number of sulfonamides is 1. The van der Waals surface area contributed by atoms with Gasteiger partial charge in [-0.15, -0.1) is 0 Å². The first-order valence-corrected chi connectivity index (χ1v) is 11.3. The Morgan fingerprint density at radius 3 is 2.72 bits per heavy atom. The van der Waals surface area contributed by atoms with Crippen molar-refractivity contribution in [1.29, 1.82) is 0 Å². The SMILES string of the molecule is CCS(=O)(=O)NC1=NC(OCC2CC2)(c2cn(C)c(=O)c3ccccc23)C=CN1. The number of pyridine rings is 1. The number of hydrogen-bond acceptors (Lipinski definition) is 6. The van der Waals surface area contributed by atoms with Gasteiger partial charge >= 0.3 is 0 Å². The van der Waals surface area contributed by atoms with Crippen LogP contribution < -0.4 is 15.6 Å². The molecule has 1 aromatic heterocycles. The third-order valence-electron chi connectivity index (χ3n) is 5.15. The van der Waals surface area contributed by atoms with E-state index in [2.05, 4.69) is 15.0 Å². The van der Waals surface area contributed by atoms with E-state index < -0.39 is 15.7 Å². The van der Waals surface area contributed by atoms with Crippen molar-refractivity contribution < 1.29 is 13.2 Å². The van der Waals surface area contributed by atoms with E-state index in [0.29, 0.717) is 23.5 Å². The lowest BCUT2D eigenvalue weighted by molar-refractivity contribution is -0.0127. The molecule has 9 heteroatoms. The summed E-state index contributed by atoms with van der Waals surface area (Å²) in [6.45, 7) is 2.05. The molecule has 1 aliphatic carbocycles. The molecule has 4 rings (SSSR count). The summed E-state index contributed by atoms with van der Waals surface area (Å²) >= 11 is 0. The highest BCUT2D eigenvalue weighted by atomic mass is 32.2. The minimum atomic E-state index is -3.52. The van der Waals surface area contributed by atoms with Gasteiger partial charge in [-0.2, -0.15) is 0 Å². The zero-order chi connectivity index (χ0) is 20.6. The molecule has 29 heavy (non-hydrogen) atoms.